The number of aliphatic hydroxyl groups excluding tert-OH is 16. The lowest BCUT2D eigenvalue weighted by Gasteiger charge is -2.71. The minimum atomic E-state index is -1.88. The van der Waals surface area contributed by atoms with Crippen LogP contribution in [0, 0.1) is 50.2 Å². The summed E-state index contributed by atoms with van der Waals surface area (Å²) in [6, 6.07) is 0. The van der Waals surface area contributed by atoms with E-state index in [0.29, 0.717) is 32.1 Å². The van der Waals surface area contributed by atoms with E-state index in [1.54, 1.807) is 0 Å². The molecular weight excluding hydrogens is 1050 g/mol. The molecule has 0 aromatic carbocycles. The van der Waals surface area contributed by atoms with Gasteiger partial charge in [0.05, 0.1) is 56.8 Å². The van der Waals surface area contributed by atoms with Crippen LogP contribution in [-0.2, 0) is 42.7 Å². The molecule has 0 aromatic heterocycles. The maximum absolute atomic E-state index is 15.5. The number of hydrogen-bond acceptors (Lipinski definition) is 25. The molecule has 0 radical (unpaired) electrons. The summed E-state index contributed by atoms with van der Waals surface area (Å²) in [5, 5.41) is 172. The second-order valence-corrected chi connectivity index (χ2v) is 26.5. The SMILES string of the molecule is CC1(C)CC2C3=CCC4[C@@]5(C)CC[C@H](O[C@@H]6O[C@H](CO[C@H]7O[C@H](CO)[C@@H](O)[C@@H](O)[C@@H]7O)[C@@H](O)[C@@H](O)[C@H]6O)C(C)(C)C5CC[C@@]4(C)[C@]3(C)CC(=O)[C@@]2(CO[C@@H]2O[C@H](CO[C@H]3O[C@H](CO)[C@@H](O)[C@@H](O)[C@@H]3O)[C@@H](O)[C@@H](O)[C@H]2O)[C@@H](O)[C@@H]1O. The van der Waals surface area contributed by atoms with Crippen molar-refractivity contribution in [1.29, 1.82) is 0 Å². The number of rotatable bonds is 13. The summed E-state index contributed by atoms with van der Waals surface area (Å²) in [6.07, 6.45) is -30.5. The van der Waals surface area contributed by atoms with E-state index in [4.69, 9.17) is 37.9 Å². The number of hydrogen-bond donors (Lipinski definition) is 16. The third-order valence-corrected chi connectivity index (χ3v) is 21.5. The summed E-state index contributed by atoms with van der Waals surface area (Å²) in [4.78, 5) is 15.5. The first-order valence-corrected chi connectivity index (χ1v) is 28.0. The maximum atomic E-state index is 15.5. The molecule has 0 amide bonds. The summed E-state index contributed by atoms with van der Waals surface area (Å²) >= 11 is 0. The average Bonchev–Trinajstić information content (AvgIpc) is 3.43. The van der Waals surface area contributed by atoms with Crippen molar-refractivity contribution in [3.05, 3.63) is 11.6 Å². The van der Waals surface area contributed by atoms with Gasteiger partial charge in [-0.05, 0) is 77.9 Å². The van der Waals surface area contributed by atoms with Crippen molar-refractivity contribution >= 4 is 5.78 Å². The van der Waals surface area contributed by atoms with E-state index in [1.807, 2.05) is 13.8 Å². The quantitative estimate of drug-likeness (QED) is 0.0611. The zero-order valence-electron chi connectivity index (χ0n) is 45.9. The normalized spacial score (nSPS) is 54.4. The molecule has 4 aliphatic heterocycles. The predicted molar refractivity (Wildman–Crippen MR) is 266 cm³/mol. The Labute approximate surface area is 458 Å². The lowest BCUT2D eigenvalue weighted by molar-refractivity contribution is -0.345. The van der Waals surface area contributed by atoms with Crippen LogP contribution in [0.5, 0.6) is 0 Å². The van der Waals surface area contributed by atoms with Crippen LogP contribution >= 0.6 is 0 Å². The molecule has 454 valence electrons. The molecule has 79 heavy (non-hydrogen) atoms. The number of carbonyl (C=O) groups excluding carboxylic acids is 1. The van der Waals surface area contributed by atoms with Gasteiger partial charge in [-0.25, -0.2) is 0 Å². The van der Waals surface area contributed by atoms with E-state index in [1.165, 1.54) is 0 Å². The van der Waals surface area contributed by atoms with E-state index >= 15 is 4.79 Å². The fourth-order valence-corrected chi connectivity index (χ4v) is 16.4. The third-order valence-electron chi connectivity index (χ3n) is 21.5. The molecule has 4 saturated heterocycles. The van der Waals surface area contributed by atoms with Gasteiger partial charge in [0.15, 0.2) is 25.2 Å². The van der Waals surface area contributed by atoms with Crippen molar-refractivity contribution < 1.29 is 124 Å². The lowest BCUT2D eigenvalue weighted by Crippen LogP contribution is -2.71. The zero-order valence-corrected chi connectivity index (χ0v) is 45.9. The highest BCUT2D eigenvalue weighted by atomic mass is 16.7. The Morgan fingerprint density at radius 1 is 0.532 bits per heavy atom. The van der Waals surface area contributed by atoms with Crippen molar-refractivity contribution in [3.63, 3.8) is 0 Å². The van der Waals surface area contributed by atoms with E-state index in [9.17, 15) is 81.7 Å². The summed E-state index contributed by atoms with van der Waals surface area (Å²) < 4.78 is 47.0. The van der Waals surface area contributed by atoms with E-state index in [-0.39, 0.29) is 35.9 Å². The molecule has 30 atom stereocenters. The Morgan fingerprint density at radius 2 is 0.987 bits per heavy atom. The van der Waals surface area contributed by atoms with Crippen LogP contribution < -0.4 is 0 Å². The molecule has 8 fully saturated rings. The summed E-state index contributed by atoms with van der Waals surface area (Å²) in [7, 11) is 0. The number of ketones is 1. The standard InChI is InChI=1S/C54H88O25/c1-49(2)14-22-21-8-9-28-51(5)12-11-30(79-48-42(69)38(65)34(61)26(78-48)19-73-46-40(67)36(63)32(59)24(17-56)76-46)50(3,4)27(51)10-13-52(28,6)53(21,7)15-29(57)54(22,44(71)43(49)70)20-74-47-41(68)37(64)33(60)25(77-47)18-72-45-39(66)35(62)31(58)23(16-55)75-45/h8,22-28,30-48,55-56,58-71H,9-20H2,1-7H3/t22?,23-,24-,25-,26-,27?,28?,30+,31-,32-,33-,34-,35-,36-,37-,38-,39+,40+,41-,42-,43+,44+,45+,46+,47-,48+,51+,52-,53-,54+/m1/s1. The van der Waals surface area contributed by atoms with E-state index < -0.39 is 207 Å². The van der Waals surface area contributed by atoms with E-state index in [2.05, 4.69) is 40.7 Å². The molecule has 5 aliphatic carbocycles. The highest BCUT2D eigenvalue weighted by molar-refractivity contribution is 5.90. The largest absolute Gasteiger partial charge is 0.394 e. The highest BCUT2D eigenvalue weighted by Gasteiger charge is 2.73. The molecule has 4 saturated carbocycles. The van der Waals surface area contributed by atoms with Crippen LogP contribution in [0.4, 0.5) is 0 Å². The molecule has 3 unspecified atom stereocenters. The van der Waals surface area contributed by atoms with Gasteiger partial charge in [-0.3, -0.25) is 4.79 Å². The van der Waals surface area contributed by atoms with Gasteiger partial charge >= 0.3 is 0 Å². The first-order chi connectivity index (χ1) is 36.9. The molecule has 0 bridgehead atoms. The molecular formula is C54H88O25. The predicted octanol–water partition coefficient (Wildman–Crippen LogP) is -4.44. The van der Waals surface area contributed by atoms with Gasteiger partial charge < -0.3 is 120 Å². The van der Waals surface area contributed by atoms with Crippen LogP contribution in [0.15, 0.2) is 11.6 Å². The second-order valence-electron chi connectivity index (χ2n) is 26.5. The van der Waals surface area contributed by atoms with Crippen molar-refractivity contribution in [2.45, 2.75) is 235 Å². The summed E-state index contributed by atoms with van der Waals surface area (Å²) in [5.74, 6) is -1.000. The Bertz CT molecular complexity index is 2180. The van der Waals surface area contributed by atoms with Crippen LogP contribution in [0.2, 0.25) is 0 Å². The summed E-state index contributed by atoms with van der Waals surface area (Å²) in [5.41, 5.74) is -3.88. The van der Waals surface area contributed by atoms with Crippen molar-refractivity contribution in [2.24, 2.45) is 50.2 Å². The number of aliphatic hydroxyl groups is 16. The van der Waals surface area contributed by atoms with Gasteiger partial charge in [-0.1, -0.05) is 60.1 Å². The molecule has 0 aromatic rings. The van der Waals surface area contributed by atoms with Gasteiger partial charge in [-0.15, -0.1) is 0 Å². The molecule has 25 heteroatoms. The number of Topliss-reactive ketones (excluding diaryl/α,β-unsaturated/α-hetero) is 1. The molecule has 16 N–H and O–H groups in total. The van der Waals surface area contributed by atoms with Crippen molar-refractivity contribution in [3.8, 4) is 0 Å². The van der Waals surface area contributed by atoms with Crippen LogP contribution in [-0.4, -0.2) is 262 Å². The van der Waals surface area contributed by atoms with Crippen LogP contribution in [0.3, 0.4) is 0 Å². The Hall–Kier alpha value is -1.55. The zero-order chi connectivity index (χ0) is 58.0. The van der Waals surface area contributed by atoms with Crippen LogP contribution in [0.25, 0.3) is 0 Å². The maximum Gasteiger partial charge on any atom is 0.186 e. The number of ether oxygens (including phenoxy) is 8. The van der Waals surface area contributed by atoms with E-state index in [0.717, 1.165) is 5.57 Å². The molecule has 4 heterocycles. The van der Waals surface area contributed by atoms with Gasteiger partial charge in [0.2, 0.25) is 0 Å². The third kappa shape index (κ3) is 9.94. The van der Waals surface area contributed by atoms with Crippen molar-refractivity contribution in [1.82, 2.24) is 0 Å². The Balaban J connectivity index is 0.921. The first-order valence-electron chi connectivity index (χ1n) is 28.0. The van der Waals surface area contributed by atoms with Gasteiger partial charge in [0, 0.05) is 11.8 Å². The Kier molecular flexibility index (Phi) is 17.6. The minimum Gasteiger partial charge on any atom is -0.394 e. The monoisotopic (exact) mass is 1140 g/mol. The van der Waals surface area contributed by atoms with Gasteiger partial charge in [-0.2, -0.15) is 0 Å². The Morgan fingerprint density at radius 3 is 1.49 bits per heavy atom. The number of carbonyl (C=O) groups is 1. The van der Waals surface area contributed by atoms with Gasteiger partial charge in [0.1, 0.15) is 103 Å². The topological polar surface area (TPSA) is 415 Å². The van der Waals surface area contributed by atoms with Gasteiger partial charge in [0.25, 0.3) is 0 Å². The van der Waals surface area contributed by atoms with Crippen molar-refractivity contribution in [2.75, 3.05) is 33.0 Å². The molecule has 0 spiro atoms. The smallest absolute Gasteiger partial charge is 0.186 e. The minimum absolute atomic E-state index is 0.0228. The molecule has 25 nitrogen and oxygen atoms in total. The molecule has 9 rings (SSSR count). The fourth-order valence-electron chi connectivity index (χ4n) is 16.4. The second kappa shape index (κ2) is 22.4. The molecule has 9 aliphatic rings. The highest BCUT2D eigenvalue weighted by Crippen LogP contribution is 2.75. The first kappa shape index (κ1) is 62.0. The number of allylic oxidation sites excluding steroid dienone is 2. The van der Waals surface area contributed by atoms with Crippen LogP contribution in [0.1, 0.15) is 93.4 Å². The lowest BCUT2D eigenvalue weighted by atomic mass is 9.33. The average molecular weight is 1140 g/mol. The fraction of sp³-hybridized carbons (Fsp3) is 0.944. The summed E-state index contributed by atoms with van der Waals surface area (Å²) in [6.45, 7) is 11.4. The number of fused-ring (bicyclic) bond motifs is 7.